The Morgan fingerprint density at radius 1 is 1.00 bits per heavy atom. The minimum Gasteiger partial charge on any atom is -0.456 e. The molecule has 1 fully saturated rings. The molecule has 0 amide bonds. The summed E-state index contributed by atoms with van der Waals surface area (Å²) in [6.45, 7) is 3.54. The third-order valence-corrected chi connectivity index (χ3v) is 3.19. The molecule has 0 bridgehead atoms. The molecule has 0 saturated carbocycles. The van der Waals surface area contributed by atoms with Gasteiger partial charge in [0, 0.05) is 27.9 Å². The molecular formula is C14H19NO8S. The Kier molecular flexibility index (Phi) is 7.93. The molecule has 0 aromatic heterocycles. The Morgan fingerprint density at radius 2 is 1.50 bits per heavy atom. The van der Waals surface area contributed by atoms with Gasteiger partial charge in [0.2, 0.25) is 0 Å². The molecule has 1 aliphatic heterocycles. The number of esters is 3. The van der Waals surface area contributed by atoms with Crippen LogP contribution in [-0.2, 0) is 38.1 Å². The summed E-state index contributed by atoms with van der Waals surface area (Å²) < 4.78 is 26.4. The van der Waals surface area contributed by atoms with Crippen LogP contribution in [0.15, 0.2) is 4.99 Å². The van der Waals surface area contributed by atoms with Gasteiger partial charge >= 0.3 is 17.9 Å². The second-order valence-electron chi connectivity index (χ2n) is 4.93. The van der Waals surface area contributed by atoms with Crippen LogP contribution in [0.3, 0.4) is 0 Å². The zero-order valence-corrected chi connectivity index (χ0v) is 14.5. The van der Waals surface area contributed by atoms with Crippen LogP contribution in [0, 0.1) is 0 Å². The van der Waals surface area contributed by atoms with E-state index in [9.17, 15) is 14.4 Å². The number of hydrogen-bond donors (Lipinski definition) is 0. The smallest absolute Gasteiger partial charge is 0.303 e. The lowest BCUT2D eigenvalue weighted by Crippen LogP contribution is -2.62. The highest BCUT2D eigenvalue weighted by molar-refractivity contribution is 7.78. The van der Waals surface area contributed by atoms with Crippen LogP contribution in [0.5, 0.6) is 0 Å². The van der Waals surface area contributed by atoms with Crippen molar-refractivity contribution in [3.63, 3.8) is 0 Å². The first-order chi connectivity index (χ1) is 11.3. The van der Waals surface area contributed by atoms with E-state index in [4.69, 9.17) is 23.7 Å². The molecule has 9 nitrogen and oxygen atoms in total. The maximum Gasteiger partial charge on any atom is 0.303 e. The molecule has 1 saturated heterocycles. The van der Waals surface area contributed by atoms with Crippen molar-refractivity contribution in [3.8, 4) is 0 Å². The zero-order chi connectivity index (χ0) is 18.3. The van der Waals surface area contributed by atoms with Crippen LogP contribution >= 0.6 is 12.2 Å². The maximum atomic E-state index is 11.5. The molecule has 10 heteroatoms. The highest BCUT2D eigenvalue weighted by atomic mass is 32.1. The van der Waals surface area contributed by atoms with Crippen LogP contribution in [0.2, 0.25) is 0 Å². The topological polar surface area (TPSA) is 110 Å². The quantitative estimate of drug-likeness (QED) is 0.285. The number of rotatable bonds is 6. The molecule has 0 spiro atoms. The summed E-state index contributed by atoms with van der Waals surface area (Å²) in [5.74, 6) is -1.92. The van der Waals surface area contributed by atoms with Crippen LogP contribution < -0.4 is 0 Å². The van der Waals surface area contributed by atoms with E-state index < -0.39 is 48.6 Å². The van der Waals surface area contributed by atoms with Crippen LogP contribution in [0.1, 0.15) is 20.8 Å². The van der Waals surface area contributed by atoms with Crippen LogP contribution in [0.25, 0.3) is 0 Å². The predicted molar refractivity (Wildman–Crippen MR) is 82.2 cm³/mol. The minimum absolute atomic E-state index is 0.00807. The van der Waals surface area contributed by atoms with E-state index in [1.807, 2.05) is 0 Å². The molecule has 24 heavy (non-hydrogen) atoms. The third-order valence-electron chi connectivity index (χ3n) is 3.07. The van der Waals surface area contributed by atoms with Crippen LogP contribution in [0.4, 0.5) is 0 Å². The predicted octanol–water partition coefficient (Wildman–Crippen LogP) is 0.256. The fraction of sp³-hybridized carbons (Fsp3) is 0.714. The fourth-order valence-corrected chi connectivity index (χ4v) is 2.39. The van der Waals surface area contributed by atoms with E-state index in [1.54, 1.807) is 0 Å². The van der Waals surface area contributed by atoms with Gasteiger partial charge in [0.1, 0.15) is 6.10 Å². The average molecular weight is 361 g/mol. The average Bonchev–Trinajstić information content (AvgIpc) is 2.48. The number of carbonyl (C=O) groups is 3. The highest BCUT2D eigenvalue weighted by Crippen LogP contribution is 2.29. The first kappa shape index (κ1) is 20.2. The maximum absolute atomic E-state index is 11.5. The largest absolute Gasteiger partial charge is 0.456 e. The number of nitrogens with zero attached hydrogens (tertiary/aromatic N) is 1. The standard InChI is InChI=1S/C14H19NO8S/c1-7(16)20-11-10(5-15-6-24)23-14(19-4)13(22-9(3)18)12(11)21-8(2)17/h10-14H,5H2,1-4H3/t10-,11-,12+,13+,14+/m1/s1. The zero-order valence-electron chi connectivity index (χ0n) is 13.7. The Hall–Kier alpha value is -1.87. The lowest BCUT2D eigenvalue weighted by atomic mass is 9.97. The van der Waals surface area contributed by atoms with Crippen molar-refractivity contribution < 1.29 is 38.1 Å². The van der Waals surface area contributed by atoms with E-state index in [0.29, 0.717) is 0 Å². The SMILES string of the molecule is CO[C@H]1O[C@H](CN=C=S)[C@@H](OC(C)=O)[C@H](OC(C)=O)[C@@H]1OC(C)=O. The third kappa shape index (κ3) is 5.64. The fourth-order valence-electron chi connectivity index (χ4n) is 2.32. The van der Waals surface area contributed by atoms with Gasteiger partial charge in [-0.05, 0) is 12.2 Å². The van der Waals surface area contributed by atoms with Crippen LogP contribution in [-0.4, -0.2) is 67.4 Å². The molecule has 1 rings (SSSR count). The molecule has 0 unspecified atom stereocenters. The van der Waals surface area contributed by atoms with Crippen molar-refractivity contribution in [2.75, 3.05) is 13.7 Å². The second-order valence-corrected chi connectivity index (χ2v) is 5.12. The van der Waals surface area contributed by atoms with Gasteiger partial charge in [-0.2, -0.15) is 0 Å². The van der Waals surface area contributed by atoms with Gasteiger partial charge in [0.15, 0.2) is 24.6 Å². The number of aliphatic imine (C=N–C) groups is 1. The highest BCUT2D eigenvalue weighted by Gasteiger charge is 2.52. The second kappa shape index (κ2) is 9.43. The molecule has 0 aromatic carbocycles. The number of methoxy groups -OCH3 is 1. The number of thiocarbonyl (C=S) groups is 1. The number of hydrogen-bond acceptors (Lipinski definition) is 10. The van der Waals surface area contributed by atoms with E-state index >= 15 is 0 Å². The molecular weight excluding hydrogens is 342 g/mol. The molecule has 1 heterocycles. The molecule has 0 radical (unpaired) electrons. The Labute approximate surface area is 144 Å². The van der Waals surface area contributed by atoms with Crippen molar-refractivity contribution >= 4 is 35.3 Å². The molecule has 134 valence electrons. The summed E-state index contributed by atoms with van der Waals surface area (Å²) in [6, 6.07) is 0. The van der Waals surface area contributed by atoms with Crippen molar-refractivity contribution in [1.82, 2.24) is 0 Å². The molecule has 1 aliphatic rings. The first-order valence-corrected chi connectivity index (χ1v) is 7.44. The van der Waals surface area contributed by atoms with Gasteiger partial charge < -0.3 is 23.7 Å². The normalized spacial score (nSPS) is 29.1. The Balaban J connectivity index is 3.22. The van der Waals surface area contributed by atoms with E-state index in [0.717, 1.165) is 0 Å². The molecule has 0 N–H and O–H groups in total. The Morgan fingerprint density at radius 3 is 1.96 bits per heavy atom. The lowest BCUT2D eigenvalue weighted by Gasteiger charge is -2.43. The van der Waals surface area contributed by atoms with Gasteiger partial charge in [-0.15, -0.1) is 0 Å². The van der Waals surface area contributed by atoms with Gasteiger partial charge in [0.05, 0.1) is 11.7 Å². The van der Waals surface area contributed by atoms with Gasteiger partial charge in [-0.1, -0.05) is 0 Å². The summed E-state index contributed by atoms with van der Waals surface area (Å²) in [7, 11) is 1.33. The van der Waals surface area contributed by atoms with Crippen molar-refractivity contribution in [2.45, 2.75) is 51.5 Å². The van der Waals surface area contributed by atoms with Crippen molar-refractivity contribution in [3.05, 3.63) is 0 Å². The summed E-state index contributed by atoms with van der Waals surface area (Å²) in [5.41, 5.74) is 0. The van der Waals surface area contributed by atoms with Crippen molar-refractivity contribution in [1.29, 1.82) is 0 Å². The number of isothiocyanates is 1. The number of carbonyl (C=O) groups excluding carboxylic acids is 3. The van der Waals surface area contributed by atoms with E-state index in [-0.39, 0.29) is 6.54 Å². The van der Waals surface area contributed by atoms with Crippen molar-refractivity contribution in [2.24, 2.45) is 4.99 Å². The first-order valence-electron chi connectivity index (χ1n) is 7.03. The molecule has 5 atom stereocenters. The summed E-state index contributed by atoms with van der Waals surface area (Å²) in [6.07, 6.45) is -5.18. The van der Waals surface area contributed by atoms with E-state index in [1.165, 1.54) is 27.9 Å². The summed E-state index contributed by atoms with van der Waals surface area (Å²) in [4.78, 5) is 38.0. The van der Waals surface area contributed by atoms with E-state index in [2.05, 4.69) is 22.4 Å². The monoisotopic (exact) mass is 361 g/mol. The number of ether oxygens (including phenoxy) is 5. The molecule has 0 aliphatic carbocycles. The summed E-state index contributed by atoms with van der Waals surface area (Å²) in [5, 5.41) is 2.17. The van der Waals surface area contributed by atoms with Gasteiger partial charge in [0.25, 0.3) is 0 Å². The minimum atomic E-state index is -1.13. The molecule has 0 aromatic rings. The Bertz CT molecular complexity index is 533. The van der Waals surface area contributed by atoms with Gasteiger partial charge in [-0.3, -0.25) is 14.4 Å². The van der Waals surface area contributed by atoms with Gasteiger partial charge in [-0.25, -0.2) is 4.99 Å². The lowest BCUT2D eigenvalue weighted by molar-refractivity contribution is -0.296. The summed E-state index contributed by atoms with van der Waals surface area (Å²) >= 11 is 4.52.